The molecule has 1 aromatic rings. The summed E-state index contributed by atoms with van der Waals surface area (Å²) in [5.41, 5.74) is 0. The summed E-state index contributed by atoms with van der Waals surface area (Å²) in [4.78, 5) is 28.1. The normalized spacial score (nSPS) is 15.3. The summed E-state index contributed by atoms with van der Waals surface area (Å²) in [7, 11) is 0. The molecule has 1 N–H and O–H groups in total. The van der Waals surface area contributed by atoms with Crippen LogP contribution in [0.5, 0.6) is 0 Å². The maximum atomic E-state index is 11.7. The Morgan fingerprint density at radius 2 is 2.16 bits per heavy atom. The number of carboxylic acid groups (broad SMARTS) is 1. The van der Waals surface area contributed by atoms with Crippen molar-refractivity contribution in [1.29, 1.82) is 0 Å². The van der Waals surface area contributed by atoms with Gasteiger partial charge in [-0.1, -0.05) is 12.1 Å². The lowest BCUT2D eigenvalue weighted by Gasteiger charge is -2.36. The number of rotatable bonds is 6. The molecule has 1 aliphatic rings. The van der Waals surface area contributed by atoms with Crippen LogP contribution in [-0.2, 0) is 22.4 Å². The van der Waals surface area contributed by atoms with Gasteiger partial charge in [-0.2, -0.15) is 4.98 Å². The zero-order valence-corrected chi connectivity index (χ0v) is 10.8. The zero-order chi connectivity index (χ0) is 13.8. The lowest BCUT2D eigenvalue weighted by atomic mass is 10.00. The van der Waals surface area contributed by atoms with Gasteiger partial charge < -0.3 is 14.5 Å². The molecule has 0 aromatic carbocycles. The molecule has 104 valence electrons. The van der Waals surface area contributed by atoms with E-state index in [9.17, 15) is 9.59 Å². The van der Waals surface area contributed by atoms with Gasteiger partial charge in [0, 0.05) is 32.4 Å². The van der Waals surface area contributed by atoms with Crippen LogP contribution < -0.4 is 0 Å². The van der Waals surface area contributed by atoms with Gasteiger partial charge in [0.2, 0.25) is 11.8 Å². The average molecular weight is 267 g/mol. The number of carbonyl (C=O) groups excluding carboxylic acids is 1. The number of likely N-dealkylation sites (tertiary alicyclic amines) is 1. The third-order valence-corrected chi connectivity index (χ3v) is 3.12. The van der Waals surface area contributed by atoms with Crippen LogP contribution >= 0.6 is 0 Å². The summed E-state index contributed by atoms with van der Waals surface area (Å²) >= 11 is 0. The molecule has 0 atom stereocenters. The van der Waals surface area contributed by atoms with Gasteiger partial charge >= 0.3 is 5.97 Å². The van der Waals surface area contributed by atoms with Gasteiger partial charge in [0.05, 0.1) is 5.92 Å². The Bertz CT molecular complexity index is 465. The van der Waals surface area contributed by atoms with Crippen LogP contribution in [0.3, 0.4) is 0 Å². The minimum Gasteiger partial charge on any atom is -0.481 e. The van der Waals surface area contributed by atoms with Crippen LogP contribution in [0.15, 0.2) is 4.52 Å². The standard InChI is InChI=1S/C12H17N3O4/c1-2-3-9-13-10(19-14-9)4-5-11(16)15-6-8(7-15)12(17)18/h8H,2-7H2,1H3,(H,17,18). The molecule has 1 aromatic heterocycles. The molecule has 2 rings (SSSR count). The van der Waals surface area contributed by atoms with Crippen molar-refractivity contribution in [2.45, 2.75) is 32.6 Å². The second kappa shape index (κ2) is 5.81. The molecule has 0 saturated carbocycles. The molecule has 0 aliphatic carbocycles. The van der Waals surface area contributed by atoms with E-state index >= 15 is 0 Å². The molecule has 0 unspecified atom stereocenters. The van der Waals surface area contributed by atoms with Crippen molar-refractivity contribution in [3.05, 3.63) is 11.7 Å². The van der Waals surface area contributed by atoms with Crippen LogP contribution in [0.2, 0.25) is 0 Å². The smallest absolute Gasteiger partial charge is 0.310 e. The van der Waals surface area contributed by atoms with Gasteiger partial charge in [-0.15, -0.1) is 0 Å². The van der Waals surface area contributed by atoms with E-state index in [4.69, 9.17) is 9.63 Å². The van der Waals surface area contributed by atoms with Crippen molar-refractivity contribution >= 4 is 11.9 Å². The van der Waals surface area contributed by atoms with Crippen molar-refractivity contribution in [1.82, 2.24) is 15.0 Å². The number of nitrogens with zero attached hydrogens (tertiary/aromatic N) is 3. The summed E-state index contributed by atoms with van der Waals surface area (Å²) in [6.07, 6.45) is 2.40. The quantitative estimate of drug-likeness (QED) is 0.806. The van der Waals surface area contributed by atoms with Gasteiger partial charge in [-0.05, 0) is 6.42 Å². The van der Waals surface area contributed by atoms with E-state index in [1.54, 1.807) is 4.90 Å². The van der Waals surface area contributed by atoms with E-state index < -0.39 is 11.9 Å². The Balaban J connectivity index is 1.73. The Labute approximate surface area is 110 Å². The Hall–Kier alpha value is -1.92. The zero-order valence-electron chi connectivity index (χ0n) is 10.8. The third kappa shape index (κ3) is 3.30. The first-order chi connectivity index (χ1) is 9.10. The van der Waals surface area contributed by atoms with Crippen molar-refractivity contribution in [2.24, 2.45) is 5.92 Å². The van der Waals surface area contributed by atoms with E-state index in [1.807, 2.05) is 6.92 Å². The molecule has 7 heteroatoms. The molecule has 19 heavy (non-hydrogen) atoms. The van der Waals surface area contributed by atoms with E-state index in [1.165, 1.54) is 0 Å². The van der Waals surface area contributed by atoms with Gasteiger partial charge in [0.15, 0.2) is 5.82 Å². The molecule has 1 fully saturated rings. The first kappa shape index (κ1) is 13.5. The minimum atomic E-state index is -0.842. The molecule has 2 heterocycles. The van der Waals surface area contributed by atoms with E-state index in [-0.39, 0.29) is 12.3 Å². The second-order valence-electron chi connectivity index (χ2n) is 4.69. The summed E-state index contributed by atoms with van der Waals surface area (Å²) < 4.78 is 5.03. The molecule has 1 aliphatic heterocycles. The molecular weight excluding hydrogens is 250 g/mol. The highest BCUT2D eigenvalue weighted by molar-refractivity contribution is 5.81. The second-order valence-corrected chi connectivity index (χ2v) is 4.69. The number of hydrogen-bond acceptors (Lipinski definition) is 5. The summed E-state index contributed by atoms with van der Waals surface area (Å²) in [6.45, 7) is 2.64. The van der Waals surface area contributed by atoms with Crippen molar-refractivity contribution < 1.29 is 19.2 Å². The van der Waals surface area contributed by atoms with Crippen LogP contribution in [0.1, 0.15) is 31.5 Å². The van der Waals surface area contributed by atoms with Gasteiger partial charge in [-0.25, -0.2) is 0 Å². The number of carboxylic acids is 1. The molecule has 1 amide bonds. The number of carbonyl (C=O) groups is 2. The highest BCUT2D eigenvalue weighted by Gasteiger charge is 2.35. The number of amides is 1. The van der Waals surface area contributed by atoms with E-state index in [0.29, 0.717) is 31.2 Å². The highest BCUT2D eigenvalue weighted by Crippen LogP contribution is 2.17. The lowest BCUT2D eigenvalue weighted by Crippen LogP contribution is -2.53. The maximum absolute atomic E-state index is 11.7. The summed E-state index contributed by atoms with van der Waals surface area (Å²) in [5.74, 6) is -0.187. The summed E-state index contributed by atoms with van der Waals surface area (Å²) in [5, 5.41) is 12.5. The monoisotopic (exact) mass is 267 g/mol. The molecule has 7 nitrogen and oxygen atoms in total. The van der Waals surface area contributed by atoms with E-state index in [0.717, 1.165) is 12.8 Å². The topological polar surface area (TPSA) is 96.5 Å². The number of aromatic nitrogens is 2. The minimum absolute atomic E-state index is 0.0623. The maximum Gasteiger partial charge on any atom is 0.310 e. The lowest BCUT2D eigenvalue weighted by molar-refractivity contribution is -0.152. The predicted octanol–water partition coefficient (Wildman–Crippen LogP) is 0.498. The molecule has 0 radical (unpaired) electrons. The largest absolute Gasteiger partial charge is 0.481 e. The van der Waals surface area contributed by atoms with Crippen LogP contribution in [0.25, 0.3) is 0 Å². The number of hydrogen-bond donors (Lipinski definition) is 1. The molecule has 1 saturated heterocycles. The Morgan fingerprint density at radius 3 is 2.79 bits per heavy atom. The predicted molar refractivity (Wildman–Crippen MR) is 64.3 cm³/mol. The van der Waals surface area contributed by atoms with Gasteiger partial charge in [0.1, 0.15) is 0 Å². The SMILES string of the molecule is CCCc1noc(CCC(=O)N2CC(C(=O)O)C2)n1. The van der Waals surface area contributed by atoms with Gasteiger partial charge in [-0.3, -0.25) is 9.59 Å². The average Bonchev–Trinajstić information content (AvgIpc) is 2.72. The van der Waals surface area contributed by atoms with Crippen LogP contribution in [0.4, 0.5) is 0 Å². The molecular formula is C12H17N3O4. The fourth-order valence-electron chi connectivity index (χ4n) is 1.93. The van der Waals surface area contributed by atoms with Crippen LogP contribution in [0, 0.1) is 5.92 Å². The first-order valence-corrected chi connectivity index (χ1v) is 6.42. The van der Waals surface area contributed by atoms with Crippen molar-refractivity contribution in [3.8, 4) is 0 Å². The molecule has 0 spiro atoms. The van der Waals surface area contributed by atoms with Crippen LogP contribution in [-0.4, -0.2) is 45.1 Å². The third-order valence-electron chi connectivity index (χ3n) is 3.12. The Kier molecular flexibility index (Phi) is 4.13. The number of aryl methyl sites for hydroxylation is 2. The fourth-order valence-corrected chi connectivity index (χ4v) is 1.93. The van der Waals surface area contributed by atoms with E-state index in [2.05, 4.69) is 10.1 Å². The highest BCUT2D eigenvalue weighted by atomic mass is 16.5. The Morgan fingerprint density at radius 1 is 1.42 bits per heavy atom. The summed E-state index contributed by atoms with van der Waals surface area (Å²) in [6, 6.07) is 0. The number of aliphatic carboxylic acids is 1. The van der Waals surface area contributed by atoms with Crippen molar-refractivity contribution in [2.75, 3.05) is 13.1 Å². The van der Waals surface area contributed by atoms with Crippen molar-refractivity contribution in [3.63, 3.8) is 0 Å². The fraction of sp³-hybridized carbons (Fsp3) is 0.667. The van der Waals surface area contributed by atoms with Gasteiger partial charge in [0.25, 0.3) is 0 Å². The first-order valence-electron chi connectivity index (χ1n) is 6.42. The molecule has 0 bridgehead atoms.